The van der Waals surface area contributed by atoms with E-state index in [0.29, 0.717) is 12.5 Å². The van der Waals surface area contributed by atoms with Gasteiger partial charge in [-0.25, -0.2) is 4.39 Å². The first-order valence-corrected chi connectivity index (χ1v) is 9.51. The van der Waals surface area contributed by atoms with Crippen LogP contribution in [0.1, 0.15) is 29.2 Å². The highest BCUT2D eigenvalue weighted by molar-refractivity contribution is 6.30. The summed E-state index contributed by atoms with van der Waals surface area (Å²) < 4.78 is 13.9. The molecule has 3 N–H and O–H groups in total. The second kappa shape index (κ2) is 8.28. The van der Waals surface area contributed by atoms with Gasteiger partial charge in [0.15, 0.2) is 5.96 Å². The molecule has 6 heteroatoms. The van der Waals surface area contributed by atoms with Crippen LogP contribution in [0, 0.1) is 25.6 Å². The monoisotopic (exact) mass is 388 g/mol. The number of likely N-dealkylation sites (tertiary alicyclic amines) is 1. The lowest BCUT2D eigenvalue weighted by Crippen LogP contribution is -2.26. The summed E-state index contributed by atoms with van der Waals surface area (Å²) in [6.45, 7) is 5.63. The SMILES string of the molecule is Cc1cc(C)cc(NC(N)=NCC2CCN(C)C2c2ccc(Cl)c(F)c2)c1. The van der Waals surface area contributed by atoms with E-state index in [1.54, 1.807) is 6.07 Å². The summed E-state index contributed by atoms with van der Waals surface area (Å²) in [4.78, 5) is 6.78. The fourth-order valence-corrected chi connectivity index (χ4v) is 4.01. The Kier molecular flexibility index (Phi) is 6.02. The first-order valence-electron chi connectivity index (χ1n) is 9.14. The molecule has 0 spiro atoms. The topological polar surface area (TPSA) is 53.6 Å². The van der Waals surface area contributed by atoms with Crippen molar-refractivity contribution in [3.63, 3.8) is 0 Å². The summed E-state index contributed by atoms with van der Waals surface area (Å²) >= 11 is 5.83. The van der Waals surface area contributed by atoms with Crippen LogP contribution in [0.15, 0.2) is 41.4 Å². The number of nitrogens with one attached hydrogen (secondary N) is 1. The van der Waals surface area contributed by atoms with E-state index in [1.165, 1.54) is 17.2 Å². The molecular formula is C21H26ClFN4. The number of nitrogens with two attached hydrogens (primary N) is 1. The number of aryl methyl sites for hydroxylation is 2. The van der Waals surface area contributed by atoms with Crippen LogP contribution in [0.2, 0.25) is 5.02 Å². The third-order valence-electron chi connectivity index (χ3n) is 5.05. The zero-order chi connectivity index (χ0) is 19.6. The fourth-order valence-electron chi connectivity index (χ4n) is 3.89. The molecule has 0 amide bonds. The number of nitrogens with zero attached hydrogens (tertiary/aromatic N) is 2. The Morgan fingerprint density at radius 3 is 2.63 bits per heavy atom. The smallest absolute Gasteiger partial charge is 0.193 e. The standard InChI is InChI=1S/C21H26ClFN4/c1-13-8-14(2)10-17(9-13)26-21(24)25-12-16-6-7-27(3)20(16)15-4-5-18(22)19(23)11-15/h4-5,8-11,16,20H,6-7,12H2,1-3H3,(H3,24,25,26). The summed E-state index contributed by atoms with van der Waals surface area (Å²) in [5, 5.41) is 3.32. The number of benzene rings is 2. The van der Waals surface area contributed by atoms with Crippen LogP contribution in [0.4, 0.5) is 10.1 Å². The maximum absolute atomic E-state index is 13.9. The molecule has 2 atom stereocenters. The lowest BCUT2D eigenvalue weighted by molar-refractivity contribution is 0.279. The number of hydrogen-bond donors (Lipinski definition) is 2. The van der Waals surface area contributed by atoms with Gasteiger partial charge in [-0.15, -0.1) is 0 Å². The van der Waals surface area contributed by atoms with Crippen molar-refractivity contribution >= 4 is 23.2 Å². The Morgan fingerprint density at radius 2 is 1.96 bits per heavy atom. The zero-order valence-electron chi connectivity index (χ0n) is 16.0. The molecule has 0 radical (unpaired) electrons. The maximum Gasteiger partial charge on any atom is 0.193 e. The van der Waals surface area contributed by atoms with E-state index in [1.807, 2.05) is 18.2 Å². The van der Waals surface area contributed by atoms with Gasteiger partial charge in [0.1, 0.15) is 5.82 Å². The van der Waals surface area contributed by atoms with E-state index in [4.69, 9.17) is 17.3 Å². The molecule has 1 aliphatic rings. The molecule has 3 rings (SSSR count). The van der Waals surface area contributed by atoms with Gasteiger partial charge in [-0.1, -0.05) is 23.7 Å². The second-order valence-electron chi connectivity index (χ2n) is 7.38. The number of anilines is 1. The number of hydrogen-bond acceptors (Lipinski definition) is 2. The molecular weight excluding hydrogens is 363 g/mol. The highest BCUT2D eigenvalue weighted by atomic mass is 35.5. The molecule has 2 aromatic rings. The third kappa shape index (κ3) is 4.79. The summed E-state index contributed by atoms with van der Waals surface area (Å²) in [5.74, 6) is 0.290. The Bertz CT molecular complexity index is 832. The van der Waals surface area contributed by atoms with Gasteiger partial charge >= 0.3 is 0 Å². The molecule has 4 nitrogen and oxygen atoms in total. The van der Waals surface area contributed by atoms with Crippen molar-refractivity contribution in [3.8, 4) is 0 Å². The summed E-state index contributed by atoms with van der Waals surface area (Å²) in [5.41, 5.74) is 10.3. The van der Waals surface area contributed by atoms with Crippen molar-refractivity contribution in [3.05, 3.63) is 63.9 Å². The van der Waals surface area contributed by atoms with E-state index < -0.39 is 0 Å². The first-order chi connectivity index (χ1) is 12.8. The minimum absolute atomic E-state index is 0.106. The number of aliphatic imine (C=N–C) groups is 1. The van der Waals surface area contributed by atoms with Gasteiger partial charge in [-0.05, 0) is 80.7 Å². The average molecular weight is 389 g/mol. The first kappa shape index (κ1) is 19.6. The van der Waals surface area contributed by atoms with Gasteiger partial charge in [0, 0.05) is 18.3 Å². The van der Waals surface area contributed by atoms with Gasteiger partial charge in [0.05, 0.1) is 5.02 Å². The normalized spacial score (nSPS) is 20.9. The second-order valence-corrected chi connectivity index (χ2v) is 7.78. The van der Waals surface area contributed by atoms with E-state index in [0.717, 1.165) is 24.2 Å². The van der Waals surface area contributed by atoms with Crippen LogP contribution in [-0.2, 0) is 0 Å². The Labute approximate surface area is 165 Å². The molecule has 1 aliphatic heterocycles. The van der Waals surface area contributed by atoms with E-state index >= 15 is 0 Å². The predicted molar refractivity (Wildman–Crippen MR) is 111 cm³/mol. The van der Waals surface area contributed by atoms with Crippen molar-refractivity contribution in [1.82, 2.24) is 4.90 Å². The van der Waals surface area contributed by atoms with Crippen molar-refractivity contribution in [1.29, 1.82) is 0 Å². The van der Waals surface area contributed by atoms with Crippen molar-refractivity contribution in [2.24, 2.45) is 16.6 Å². The number of halogens is 2. The van der Waals surface area contributed by atoms with E-state index in [2.05, 4.69) is 42.2 Å². The third-order valence-corrected chi connectivity index (χ3v) is 5.36. The summed E-state index contributed by atoms with van der Waals surface area (Å²) in [6.07, 6.45) is 0.992. The number of rotatable bonds is 4. The van der Waals surface area contributed by atoms with Gasteiger partial charge in [-0.3, -0.25) is 9.89 Å². The van der Waals surface area contributed by atoms with Crippen LogP contribution < -0.4 is 11.1 Å². The molecule has 144 valence electrons. The average Bonchev–Trinajstić information content (AvgIpc) is 2.95. The fraction of sp³-hybridized carbons (Fsp3) is 0.381. The molecule has 27 heavy (non-hydrogen) atoms. The van der Waals surface area contributed by atoms with E-state index in [-0.39, 0.29) is 22.8 Å². The molecule has 0 saturated carbocycles. The summed E-state index contributed by atoms with van der Waals surface area (Å²) in [7, 11) is 2.05. The van der Waals surface area contributed by atoms with Crippen LogP contribution in [-0.4, -0.2) is 31.0 Å². The molecule has 1 fully saturated rings. The quantitative estimate of drug-likeness (QED) is 0.598. The minimum atomic E-state index is -0.382. The van der Waals surface area contributed by atoms with Crippen molar-refractivity contribution in [2.45, 2.75) is 26.3 Å². The molecule has 1 saturated heterocycles. The maximum atomic E-state index is 13.9. The van der Waals surface area contributed by atoms with E-state index in [9.17, 15) is 4.39 Å². The Morgan fingerprint density at radius 1 is 1.26 bits per heavy atom. The van der Waals surface area contributed by atoms with Crippen LogP contribution in [0.5, 0.6) is 0 Å². The van der Waals surface area contributed by atoms with Crippen LogP contribution in [0.3, 0.4) is 0 Å². The highest BCUT2D eigenvalue weighted by Gasteiger charge is 2.33. The van der Waals surface area contributed by atoms with Gasteiger partial charge in [-0.2, -0.15) is 0 Å². The van der Waals surface area contributed by atoms with Crippen molar-refractivity contribution in [2.75, 3.05) is 25.5 Å². The van der Waals surface area contributed by atoms with Gasteiger partial charge in [0.25, 0.3) is 0 Å². The predicted octanol–water partition coefficient (Wildman–Crippen LogP) is 4.52. The lowest BCUT2D eigenvalue weighted by Gasteiger charge is -2.25. The van der Waals surface area contributed by atoms with Gasteiger partial charge in [0.2, 0.25) is 0 Å². The molecule has 2 unspecified atom stereocenters. The zero-order valence-corrected chi connectivity index (χ0v) is 16.7. The molecule has 2 aromatic carbocycles. The molecule has 0 bridgehead atoms. The van der Waals surface area contributed by atoms with Crippen LogP contribution in [0.25, 0.3) is 0 Å². The number of guanidine groups is 1. The Balaban J connectivity index is 1.71. The van der Waals surface area contributed by atoms with Crippen LogP contribution >= 0.6 is 11.6 Å². The van der Waals surface area contributed by atoms with Gasteiger partial charge < -0.3 is 11.1 Å². The molecule has 0 aliphatic carbocycles. The highest BCUT2D eigenvalue weighted by Crippen LogP contribution is 2.37. The largest absolute Gasteiger partial charge is 0.370 e. The molecule has 1 heterocycles. The minimum Gasteiger partial charge on any atom is -0.370 e. The lowest BCUT2D eigenvalue weighted by atomic mass is 9.94. The Hall–Kier alpha value is -2.11. The molecule has 0 aromatic heterocycles. The summed E-state index contributed by atoms with van der Waals surface area (Å²) in [6, 6.07) is 11.3. The van der Waals surface area contributed by atoms with Crippen molar-refractivity contribution < 1.29 is 4.39 Å².